The van der Waals surface area contributed by atoms with Crippen molar-refractivity contribution in [2.45, 2.75) is 11.8 Å². The number of carbonyl (C=O) groups is 3. The zero-order chi connectivity index (χ0) is 23.1. The minimum absolute atomic E-state index is 0.0673. The van der Waals surface area contributed by atoms with Crippen molar-refractivity contribution in [3.05, 3.63) is 83.7 Å². The second-order valence-corrected chi connectivity index (χ2v) is 7.79. The van der Waals surface area contributed by atoms with Crippen molar-refractivity contribution >= 4 is 40.7 Å². The molecule has 32 heavy (non-hydrogen) atoms. The summed E-state index contributed by atoms with van der Waals surface area (Å²) in [7, 11) is 1.54. The molecule has 6 nitrogen and oxygen atoms in total. The lowest BCUT2D eigenvalue weighted by Crippen LogP contribution is -2.19. The van der Waals surface area contributed by atoms with E-state index < -0.39 is 17.6 Å². The summed E-state index contributed by atoms with van der Waals surface area (Å²) in [6, 6.07) is 17.7. The Hall–Kier alpha value is -3.65. The van der Waals surface area contributed by atoms with Gasteiger partial charge in [0, 0.05) is 22.2 Å². The molecular weight excluding hydrogens is 431 g/mol. The van der Waals surface area contributed by atoms with Gasteiger partial charge in [0.2, 0.25) is 5.91 Å². The van der Waals surface area contributed by atoms with Gasteiger partial charge in [-0.15, -0.1) is 11.8 Å². The van der Waals surface area contributed by atoms with Crippen LogP contribution in [0.3, 0.4) is 0 Å². The Bertz CT molecular complexity index is 1170. The van der Waals surface area contributed by atoms with E-state index in [-0.39, 0.29) is 27.6 Å². The van der Waals surface area contributed by atoms with Gasteiger partial charge in [-0.05, 0) is 43.3 Å². The number of thioether (sulfide) groups is 1. The minimum atomic E-state index is -0.562. The van der Waals surface area contributed by atoms with Gasteiger partial charge in [0.15, 0.2) is 5.78 Å². The highest BCUT2D eigenvalue weighted by Gasteiger charge is 2.15. The van der Waals surface area contributed by atoms with Crippen LogP contribution in [0.15, 0.2) is 71.6 Å². The second-order valence-electron chi connectivity index (χ2n) is 6.77. The van der Waals surface area contributed by atoms with Crippen LogP contribution in [0.5, 0.6) is 5.75 Å². The fraction of sp³-hybridized carbons (Fsp3) is 0.125. The molecule has 0 spiro atoms. The monoisotopic (exact) mass is 452 g/mol. The molecule has 0 saturated carbocycles. The highest BCUT2D eigenvalue weighted by molar-refractivity contribution is 8.00. The van der Waals surface area contributed by atoms with Gasteiger partial charge < -0.3 is 15.4 Å². The summed E-state index contributed by atoms with van der Waals surface area (Å²) in [4.78, 5) is 36.8. The molecule has 0 aliphatic rings. The number of anilines is 2. The van der Waals surface area contributed by atoms with Crippen LogP contribution >= 0.6 is 11.8 Å². The SMILES string of the molecule is COc1cccc(NC(=O)c2ccccc2NC(=O)CSc2ccc(C(C)=O)cc2F)c1. The molecule has 0 heterocycles. The van der Waals surface area contributed by atoms with Crippen molar-refractivity contribution in [2.75, 3.05) is 23.5 Å². The molecule has 3 rings (SSSR count). The van der Waals surface area contributed by atoms with E-state index in [9.17, 15) is 18.8 Å². The molecule has 0 unspecified atom stereocenters. The normalized spacial score (nSPS) is 10.3. The second kappa shape index (κ2) is 10.6. The highest BCUT2D eigenvalue weighted by Crippen LogP contribution is 2.24. The van der Waals surface area contributed by atoms with Crippen molar-refractivity contribution in [3.63, 3.8) is 0 Å². The van der Waals surface area contributed by atoms with Crippen LogP contribution in [0.2, 0.25) is 0 Å². The number of nitrogens with one attached hydrogen (secondary N) is 2. The Kier molecular flexibility index (Phi) is 7.62. The molecule has 0 bridgehead atoms. The number of benzene rings is 3. The number of ketones is 1. The lowest BCUT2D eigenvalue weighted by atomic mass is 10.1. The van der Waals surface area contributed by atoms with Gasteiger partial charge in [0.1, 0.15) is 11.6 Å². The number of methoxy groups -OCH3 is 1. The van der Waals surface area contributed by atoms with E-state index in [2.05, 4.69) is 10.6 Å². The first-order valence-corrected chi connectivity index (χ1v) is 10.6. The number of rotatable bonds is 8. The summed E-state index contributed by atoms with van der Waals surface area (Å²) < 4.78 is 19.3. The summed E-state index contributed by atoms with van der Waals surface area (Å²) in [5.41, 5.74) is 1.44. The van der Waals surface area contributed by atoms with Crippen molar-refractivity contribution in [1.29, 1.82) is 0 Å². The van der Waals surface area contributed by atoms with E-state index in [1.807, 2.05) is 0 Å². The van der Waals surface area contributed by atoms with Crippen LogP contribution in [-0.4, -0.2) is 30.5 Å². The third kappa shape index (κ3) is 5.95. The van der Waals surface area contributed by atoms with Gasteiger partial charge in [-0.1, -0.05) is 24.3 Å². The summed E-state index contributed by atoms with van der Waals surface area (Å²) in [6.07, 6.45) is 0. The number of ether oxygens (including phenoxy) is 1. The number of hydrogen-bond donors (Lipinski definition) is 2. The lowest BCUT2D eigenvalue weighted by Gasteiger charge is -2.12. The number of para-hydroxylation sites is 1. The van der Waals surface area contributed by atoms with E-state index >= 15 is 0 Å². The van der Waals surface area contributed by atoms with Crippen LogP contribution in [-0.2, 0) is 4.79 Å². The number of amides is 2. The van der Waals surface area contributed by atoms with Crippen LogP contribution in [0.4, 0.5) is 15.8 Å². The molecule has 0 radical (unpaired) electrons. The minimum Gasteiger partial charge on any atom is -0.497 e. The molecule has 0 saturated heterocycles. The largest absolute Gasteiger partial charge is 0.497 e. The number of hydrogen-bond acceptors (Lipinski definition) is 5. The standard InChI is InChI=1S/C24H21FN2O4S/c1-15(28)16-10-11-22(20(25)12-16)32-14-23(29)27-21-9-4-3-8-19(21)24(30)26-17-6-5-7-18(13-17)31-2/h3-13H,14H2,1-2H3,(H,26,30)(H,27,29). The number of carbonyl (C=O) groups excluding carboxylic acids is 3. The molecule has 0 aliphatic carbocycles. The lowest BCUT2D eigenvalue weighted by molar-refractivity contribution is -0.113. The van der Waals surface area contributed by atoms with Crippen molar-refractivity contribution in [2.24, 2.45) is 0 Å². The van der Waals surface area contributed by atoms with Gasteiger partial charge in [-0.3, -0.25) is 14.4 Å². The zero-order valence-electron chi connectivity index (χ0n) is 17.5. The van der Waals surface area contributed by atoms with E-state index in [1.165, 1.54) is 26.2 Å². The van der Waals surface area contributed by atoms with E-state index in [0.29, 0.717) is 17.1 Å². The van der Waals surface area contributed by atoms with Gasteiger partial charge in [0.25, 0.3) is 5.91 Å². The van der Waals surface area contributed by atoms with Crippen molar-refractivity contribution in [1.82, 2.24) is 0 Å². The van der Waals surface area contributed by atoms with Crippen LogP contribution in [0.25, 0.3) is 0 Å². The van der Waals surface area contributed by atoms with Gasteiger partial charge in [-0.2, -0.15) is 0 Å². The van der Waals surface area contributed by atoms with Gasteiger partial charge >= 0.3 is 0 Å². The Labute approximate surface area is 189 Å². The first kappa shape index (κ1) is 23.0. The topological polar surface area (TPSA) is 84.5 Å². The highest BCUT2D eigenvalue weighted by atomic mass is 32.2. The Morgan fingerprint density at radius 3 is 2.47 bits per heavy atom. The molecule has 0 fully saturated rings. The smallest absolute Gasteiger partial charge is 0.257 e. The summed E-state index contributed by atoms with van der Waals surface area (Å²) in [5.74, 6) is -1.05. The number of Topliss-reactive ketones (excluding diaryl/α,β-unsaturated/α-hetero) is 1. The third-order valence-electron chi connectivity index (χ3n) is 4.47. The summed E-state index contributed by atoms with van der Waals surface area (Å²) in [5, 5.41) is 5.47. The Morgan fingerprint density at radius 1 is 0.969 bits per heavy atom. The van der Waals surface area contributed by atoms with Crippen LogP contribution in [0, 0.1) is 5.82 Å². The maximum Gasteiger partial charge on any atom is 0.257 e. The predicted octanol–water partition coefficient (Wildman–Crippen LogP) is 5.02. The first-order chi connectivity index (χ1) is 15.4. The first-order valence-electron chi connectivity index (χ1n) is 9.65. The predicted molar refractivity (Wildman–Crippen MR) is 123 cm³/mol. The van der Waals surface area contributed by atoms with E-state index in [4.69, 9.17) is 4.74 Å². The van der Waals surface area contributed by atoms with Crippen molar-refractivity contribution in [3.8, 4) is 5.75 Å². The maximum absolute atomic E-state index is 14.2. The molecule has 3 aromatic carbocycles. The fourth-order valence-electron chi connectivity index (χ4n) is 2.86. The quantitative estimate of drug-likeness (QED) is 0.370. The molecule has 0 aromatic heterocycles. The van der Waals surface area contributed by atoms with Crippen molar-refractivity contribution < 1.29 is 23.5 Å². The molecule has 8 heteroatoms. The third-order valence-corrected chi connectivity index (χ3v) is 5.52. The van der Waals surface area contributed by atoms with Gasteiger partial charge in [0.05, 0.1) is 24.1 Å². The molecule has 164 valence electrons. The fourth-order valence-corrected chi connectivity index (χ4v) is 3.58. The number of halogens is 1. The molecule has 0 aliphatic heterocycles. The molecular formula is C24H21FN2O4S. The average Bonchev–Trinajstić information content (AvgIpc) is 2.78. The Morgan fingerprint density at radius 2 is 1.75 bits per heavy atom. The van der Waals surface area contributed by atoms with Crippen LogP contribution in [0.1, 0.15) is 27.6 Å². The zero-order valence-corrected chi connectivity index (χ0v) is 18.3. The molecule has 3 aromatic rings. The average molecular weight is 453 g/mol. The van der Waals surface area contributed by atoms with E-state index in [1.54, 1.807) is 48.5 Å². The molecule has 2 N–H and O–H groups in total. The maximum atomic E-state index is 14.2. The van der Waals surface area contributed by atoms with E-state index in [0.717, 1.165) is 17.8 Å². The van der Waals surface area contributed by atoms with Crippen LogP contribution < -0.4 is 15.4 Å². The van der Waals surface area contributed by atoms with Gasteiger partial charge in [-0.25, -0.2) is 4.39 Å². The Balaban J connectivity index is 1.66. The summed E-state index contributed by atoms with van der Waals surface area (Å²) in [6.45, 7) is 1.36. The summed E-state index contributed by atoms with van der Waals surface area (Å²) >= 11 is 1.00. The molecule has 2 amide bonds. The molecule has 0 atom stereocenters.